The van der Waals surface area contributed by atoms with E-state index in [0.29, 0.717) is 19.6 Å². The molecule has 0 unspecified atom stereocenters. The van der Waals surface area contributed by atoms with Crippen molar-refractivity contribution in [3.05, 3.63) is 29.8 Å². The molecule has 1 aromatic rings. The van der Waals surface area contributed by atoms with Gasteiger partial charge in [0.2, 0.25) is 5.91 Å². The number of methoxy groups -OCH3 is 1. The molecule has 2 saturated heterocycles. The first-order valence-corrected chi connectivity index (χ1v) is 10.5. The van der Waals surface area contributed by atoms with Crippen molar-refractivity contribution in [1.29, 1.82) is 0 Å². The van der Waals surface area contributed by atoms with Crippen LogP contribution in [0.15, 0.2) is 29.2 Å². The summed E-state index contributed by atoms with van der Waals surface area (Å²) in [4.78, 5) is 30.0. The third-order valence-corrected chi connectivity index (χ3v) is 6.51. The Kier molecular flexibility index (Phi) is 6.24. The van der Waals surface area contributed by atoms with Crippen LogP contribution in [0.4, 0.5) is 0 Å². The Hall–Kier alpha value is -1.53. The van der Waals surface area contributed by atoms with Gasteiger partial charge in [0.1, 0.15) is 0 Å². The lowest BCUT2D eigenvalue weighted by atomic mass is 9.72. The monoisotopic (exact) mass is 376 g/mol. The lowest BCUT2D eigenvalue weighted by molar-refractivity contribution is -0.139. The molecule has 2 amide bonds. The maximum absolute atomic E-state index is 12.8. The number of hydrogen-bond donors (Lipinski definition) is 0. The predicted molar refractivity (Wildman–Crippen MR) is 103 cm³/mol. The number of amides is 2. The Morgan fingerprint density at radius 2 is 1.88 bits per heavy atom. The third kappa shape index (κ3) is 4.23. The largest absolute Gasteiger partial charge is 0.383 e. The maximum Gasteiger partial charge on any atom is 0.253 e. The minimum absolute atomic E-state index is 0.121. The highest BCUT2D eigenvalue weighted by Crippen LogP contribution is 2.40. The van der Waals surface area contributed by atoms with Gasteiger partial charge in [0.15, 0.2) is 0 Å². The normalized spacial score (nSPS) is 19.8. The first-order valence-electron chi connectivity index (χ1n) is 9.27. The molecule has 3 rings (SSSR count). The summed E-state index contributed by atoms with van der Waals surface area (Å²) >= 11 is 1.68. The predicted octanol–water partition coefficient (Wildman–Crippen LogP) is 2.90. The van der Waals surface area contributed by atoms with Crippen LogP contribution >= 0.6 is 11.8 Å². The highest BCUT2D eigenvalue weighted by molar-refractivity contribution is 7.98. The van der Waals surface area contributed by atoms with Crippen LogP contribution in [0.25, 0.3) is 0 Å². The molecule has 2 heterocycles. The molecule has 26 heavy (non-hydrogen) atoms. The third-order valence-electron chi connectivity index (χ3n) is 5.76. The molecule has 2 aliphatic heterocycles. The van der Waals surface area contributed by atoms with Gasteiger partial charge in [-0.15, -0.1) is 11.8 Å². The number of carbonyl (C=O) groups excluding carboxylic acids is 2. The standard InChI is InChI=1S/C20H28N2O3S/c1-25-14-13-22-15-20(8-7-18(22)23)9-11-21(12-10-20)19(24)16-3-5-17(26-2)6-4-16/h3-6H,7-15H2,1-2H3. The summed E-state index contributed by atoms with van der Waals surface area (Å²) in [5.74, 6) is 0.357. The second-order valence-electron chi connectivity index (χ2n) is 7.33. The number of benzene rings is 1. The molecule has 0 radical (unpaired) electrons. The van der Waals surface area contributed by atoms with E-state index in [0.717, 1.165) is 44.5 Å². The second-order valence-corrected chi connectivity index (χ2v) is 8.21. The van der Waals surface area contributed by atoms with Gasteiger partial charge in [-0.2, -0.15) is 0 Å². The quantitative estimate of drug-likeness (QED) is 0.742. The summed E-state index contributed by atoms with van der Waals surface area (Å²) in [5, 5.41) is 0. The van der Waals surface area contributed by atoms with Gasteiger partial charge in [-0.05, 0) is 55.2 Å². The number of ether oxygens (including phenoxy) is 1. The summed E-state index contributed by atoms with van der Waals surface area (Å²) in [6.07, 6.45) is 5.54. The van der Waals surface area contributed by atoms with Crippen molar-refractivity contribution >= 4 is 23.6 Å². The van der Waals surface area contributed by atoms with Crippen LogP contribution < -0.4 is 0 Å². The molecule has 0 aromatic heterocycles. The lowest BCUT2D eigenvalue weighted by Gasteiger charge is -2.47. The lowest BCUT2D eigenvalue weighted by Crippen LogP contribution is -2.52. The minimum Gasteiger partial charge on any atom is -0.383 e. The summed E-state index contributed by atoms with van der Waals surface area (Å²) in [6.45, 7) is 3.60. The number of hydrogen-bond acceptors (Lipinski definition) is 4. The van der Waals surface area contributed by atoms with Crippen molar-refractivity contribution < 1.29 is 14.3 Å². The van der Waals surface area contributed by atoms with Crippen LogP contribution in [0.3, 0.4) is 0 Å². The highest BCUT2D eigenvalue weighted by atomic mass is 32.2. The van der Waals surface area contributed by atoms with Gasteiger partial charge < -0.3 is 14.5 Å². The van der Waals surface area contributed by atoms with Gasteiger partial charge in [-0.25, -0.2) is 0 Å². The molecule has 5 nitrogen and oxygen atoms in total. The van der Waals surface area contributed by atoms with Crippen LogP contribution in [-0.2, 0) is 9.53 Å². The van der Waals surface area contributed by atoms with Crippen molar-refractivity contribution in [1.82, 2.24) is 9.80 Å². The van der Waals surface area contributed by atoms with Gasteiger partial charge in [0, 0.05) is 50.2 Å². The van der Waals surface area contributed by atoms with E-state index < -0.39 is 0 Å². The highest BCUT2D eigenvalue weighted by Gasteiger charge is 2.41. The average Bonchev–Trinajstić information content (AvgIpc) is 2.69. The van der Waals surface area contributed by atoms with Crippen molar-refractivity contribution in [2.24, 2.45) is 5.41 Å². The van der Waals surface area contributed by atoms with Crippen LogP contribution in [0, 0.1) is 5.41 Å². The van der Waals surface area contributed by atoms with Crippen LogP contribution in [0.2, 0.25) is 0 Å². The van der Waals surface area contributed by atoms with Crippen LogP contribution in [0.1, 0.15) is 36.0 Å². The molecule has 2 aliphatic rings. The molecular formula is C20H28N2O3S. The van der Waals surface area contributed by atoms with E-state index in [1.165, 1.54) is 4.90 Å². The smallest absolute Gasteiger partial charge is 0.253 e. The van der Waals surface area contributed by atoms with E-state index in [1.807, 2.05) is 40.3 Å². The number of thioether (sulfide) groups is 1. The fourth-order valence-electron chi connectivity index (χ4n) is 4.02. The molecule has 2 fully saturated rings. The Bertz CT molecular complexity index is 639. The van der Waals surface area contributed by atoms with Crippen LogP contribution in [-0.4, -0.2) is 67.8 Å². The number of piperidine rings is 2. The molecule has 0 bridgehead atoms. The maximum atomic E-state index is 12.8. The van der Waals surface area contributed by atoms with Gasteiger partial charge in [0.25, 0.3) is 5.91 Å². The fraction of sp³-hybridized carbons (Fsp3) is 0.600. The molecule has 1 spiro atoms. The zero-order valence-electron chi connectivity index (χ0n) is 15.7. The fourth-order valence-corrected chi connectivity index (χ4v) is 4.42. The summed E-state index contributed by atoms with van der Waals surface area (Å²) in [7, 11) is 1.67. The van der Waals surface area contributed by atoms with Gasteiger partial charge in [-0.1, -0.05) is 0 Å². The zero-order chi connectivity index (χ0) is 18.6. The first kappa shape index (κ1) is 19.2. The SMILES string of the molecule is COCCN1CC2(CCC1=O)CCN(C(=O)c1ccc(SC)cc1)CC2. The van der Waals surface area contributed by atoms with Crippen LogP contribution in [0.5, 0.6) is 0 Å². The Balaban J connectivity index is 1.59. The van der Waals surface area contributed by atoms with Gasteiger partial charge >= 0.3 is 0 Å². The van der Waals surface area contributed by atoms with Crippen molar-refractivity contribution in [3.63, 3.8) is 0 Å². The van der Waals surface area contributed by atoms with Crippen molar-refractivity contribution in [3.8, 4) is 0 Å². The second kappa shape index (κ2) is 8.44. The molecule has 0 atom stereocenters. The number of rotatable bonds is 5. The summed E-state index contributed by atoms with van der Waals surface area (Å²) in [6, 6.07) is 7.85. The van der Waals surface area contributed by atoms with E-state index in [2.05, 4.69) is 0 Å². The molecule has 6 heteroatoms. The Labute approximate surface area is 160 Å². The van der Waals surface area contributed by atoms with Gasteiger partial charge in [-0.3, -0.25) is 9.59 Å². The molecule has 142 valence electrons. The molecule has 0 saturated carbocycles. The van der Waals surface area contributed by atoms with E-state index in [9.17, 15) is 9.59 Å². The summed E-state index contributed by atoms with van der Waals surface area (Å²) < 4.78 is 5.13. The molecule has 0 N–H and O–H groups in total. The van der Waals surface area contributed by atoms with E-state index in [-0.39, 0.29) is 17.2 Å². The minimum atomic E-state index is 0.121. The number of likely N-dealkylation sites (tertiary alicyclic amines) is 2. The topological polar surface area (TPSA) is 49.9 Å². The Morgan fingerprint density at radius 3 is 2.50 bits per heavy atom. The zero-order valence-corrected chi connectivity index (χ0v) is 16.5. The molecule has 1 aromatic carbocycles. The molecular weight excluding hydrogens is 348 g/mol. The summed E-state index contributed by atoms with van der Waals surface area (Å²) in [5.41, 5.74) is 0.931. The van der Waals surface area contributed by atoms with Crippen molar-refractivity contribution in [2.75, 3.05) is 46.2 Å². The number of carbonyl (C=O) groups is 2. The molecule has 0 aliphatic carbocycles. The Morgan fingerprint density at radius 1 is 1.19 bits per heavy atom. The van der Waals surface area contributed by atoms with E-state index in [1.54, 1.807) is 18.9 Å². The van der Waals surface area contributed by atoms with E-state index >= 15 is 0 Å². The first-order chi connectivity index (χ1) is 12.6. The number of nitrogens with zero attached hydrogens (tertiary/aromatic N) is 2. The average molecular weight is 377 g/mol. The van der Waals surface area contributed by atoms with Crippen molar-refractivity contribution in [2.45, 2.75) is 30.6 Å². The van der Waals surface area contributed by atoms with Gasteiger partial charge in [0.05, 0.1) is 6.61 Å². The van der Waals surface area contributed by atoms with E-state index in [4.69, 9.17) is 4.74 Å².